The number of amides is 1. The zero-order valence-electron chi connectivity index (χ0n) is 18.1. The van der Waals surface area contributed by atoms with Crippen LogP contribution in [-0.2, 0) is 24.3 Å². The maximum Gasteiger partial charge on any atom is 0.490 e. The number of aryl methyl sites for hydroxylation is 1. The number of aliphatic carboxylic acids is 1. The molecule has 176 valence electrons. The van der Waals surface area contributed by atoms with E-state index in [1.807, 2.05) is 12.1 Å². The van der Waals surface area contributed by atoms with Crippen molar-refractivity contribution in [2.24, 2.45) is 0 Å². The summed E-state index contributed by atoms with van der Waals surface area (Å²) in [5.74, 6) is -3.24. The molecule has 2 aromatic carbocycles. The van der Waals surface area contributed by atoms with Crippen molar-refractivity contribution in [2.45, 2.75) is 32.6 Å². The molecule has 0 spiro atoms. The van der Waals surface area contributed by atoms with Gasteiger partial charge in [-0.1, -0.05) is 24.3 Å². The number of carboxylic acids is 1. The van der Waals surface area contributed by atoms with Gasteiger partial charge in [-0.3, -0.25) is 10.0 Å². The summed E-state index contributed by atoms with van der Waals surface area (Å²) in [6.07, 6.45) is -4.04. The highest BCUT2D eigenvalue weighted by atomic mass is 19.4. The minimum absolute atomic E-state index is 0.452. The molecule has 0 radical (unpaired) electrons. The molecule has 33 heavy (non-hydrogen) atoms. The SMILES string of the molecule is Cc1ccc2c3c(n(Cc4ccc(C(=O)NO)cc4)c2c1)CCN(C)C3.O=C(O)C(F)(F)F. The number of aromatic nitrogens is 1. The predicted molar refractivity (Wildman–Crippen MR) is 115 cm³/mol. The van der Waals surface area contributed by atoms with Crippen LogP contribution in [-0.4, -0.2) is 51.4 Å². The molecule has 3 aromatic rings. The fraction of sp³-hybridized carbons (Fsp3) is 0.304. The number of hydrogen-bond acceptors (Lipinski definition) is 4. The van der Waals surface area contributed by atoms with E-state index in [4.69, 9.17) is 15.1 Å². The lowest BCUT2D eigenvalue weighted by molar-refractivity contribution is -0.192. The fourth-order valence-electron chi connectivity index (χ4n) is 3.88. The number of fused-ring (bicyclic) bond motifs is 3. The van der Waals surface area contributed by atoms with Crippen LogP contribution < -0.4 is 5.48 Å². The van der Waals surface area contributed by atoms with Crippen molar-refractivity contribution in [3.8, 4) is 0 Å². The van der Waals surface area contributed by atoms with Crippen molar-refractivity contribution in [1.29, 1.82) is 0 Å². The monoisotopic (exact) mass is 463 g/mol. The number of carbonyl (C=O) groups is 2. The van der Waals surface area contributed by atoms with Crippen molar-refractivity contribution in [3.63, 3.8) is 0 Å². The van der Waals surface area contributed by atoms with E-state index in [1.165, 1.54) is 27.7 Å². The first-order chi connectivity index (χ1) is 15.5. The van der Waals surface area contributed by atoms with Crippen LogP contribution in [0.5, 0.6) is 0 Å². The van der Waals surface area contributed by atoms with Gasteiger partial charge in [-0.25, -0.2) is 10.3 Å². The predicted octanol–water partition coefficient (Wildman–Crippen LogP) is 3.74. The molecule has 0 unspecified atom stereocenters. The van der Waals surface area contributed by atoms with E-state index in [1.54, 1.807) is 17.6 Å². The molecule has 1 amide bonds. The van der Waals surface area contributed by atoms with Crippen LogP contribution in [0, 0.1) is 6.92 Å². The minimum atomic E-state index is -5.08. The number of hydroxylamine groups is 1. The van der Waals surface area contributed by atoms with Crippen LogP contribution in [0.15, 0.2) is 42.5 Å². The summed E-state index contributed by atoms with van der Waals surface area (Å²) in [7, 11) is 2.17. The number of hydrogen-bond donors (Lipinski definition) is 3. The lowest BCUT2D eigenvalue weighted by atomic mass is 10.0. The van der Waals surface area contributed by atoms with Crippen molar-refractivity contribution in [1.82, 2.24) is 14.9 Å². The minimum Gasteiger partial charge on any atom is -0.475 e. The second kappa shape index (κ2) is 9.63. The maximum absolute atomic E-state index is 11.5. The normalized spacial score (nSPS) is 13.8. The average molecular weight is 463 g/mol. The van der Waals surface area contributed by atoms with Crippen molar-refractivity contribution < 1.29 is 33.1 Å². The number of likely N-dealkylation sites (N-methyl/N-ethyl adjacent to an activating group) is 1. The van der Waals surface area contributed by atoms with Crippen LogP contribution in [0.3, 0.4) is 0 Å². The molecule has 1 aromatic heterocycles. The van der Waals surface area contributed by atoms with E-state index in [-0.39, 0.29) is 0 Å². The third-order valence-electron chi connectivity index (χ3n) is 5.50. The third-order valence-corrected chi connectivity index (χ3v) is 5.50. The molecule has 4 rings (SSSR count). The molecule has 10 heteroatoms. The molecule has 0 saturated carbocycles. The highest BCUT2D eigenvalue weighted by molar-refractivity contribution is 5.93. The third kappa shape index (κ3) is 5.52. The Labute approximate surface area is 188 Å². The van der Waals surface area contributed by atoms with Gasteiger partial charge in [-0.15, -0.1) is 0 Å². The van der Waals surface area contributed by atoms with Crippen LogP contribution in [0.1, 0.15) is 32.7 Å². The van der Waals surface area contributed by atoms with E-state index in [9.17, 15) is 18.0 Å². The standard InChI is InChI=1S/C21H23N3O2.C2HF3O2/c1-14-3-8-17-18-13-23(2)10-9-19(18)24(20(17)11-14)12-15-4-6-16(7-5-15)21(25)22-26;3-2(4,5)1(6)7/h3-8,11,26H,9-10,12-13H2,1-2H3,(H,22,25);(H,6,7). The number of alkyl halides is 3. The van der Waals surface area contributed by atoms with Gasteiger partial charge in [-0.2, -0.15) is 13.2 Å². The molecule has 1 aliphatic heterocycles. The number of carboxylic acid groups (broad SMARTS) is 1. The number of carbonyl (C=O) groups excluding carboxylic acids is 1. The molecule has 2 heterocycles. The van der Waals surface area contributed by atoms with Gasteiger partial charge in [0.1, 0.15) is 0 Å². The van der Waals surface area contributed by atoms with Crippen LogP contribution in [0.2, 0.25) is 0 Å². The van der Waals surface area contributed by atoms with E-state index in [0.717, 1.165) is 31.6 Å². The Bertz CT molecular complexity index is 1170. The topological polar surface area (TPSA) is 94.8 Å². The van der Waals surface area contributed by atoms with Crippen molar-refractivity contribution >= 4 is 22.8 Å². The summed E-state index contributed by atoms with van der Waals surface area (Å²) in [6, 6.07) is 14.1. The Morgan fingerprint density at radius 1 is 1.12 bits per heavy atom. The number of nitrogens with one attached hydrogen (secondary N) is 1. The second-order valence-corrected chi connectivity index (χ2v) is 7.96. The number of rotatable bonds is 3. The molecule has 7 nitrogen and oxygen atoms in total. The van der Waals surface area contributed by atoms with Crippen molar-refractivity contribution in [3.05, 3.63) is 70.4 Å². The molecule has 0 aliphatic carbocycles. The van der Waals surface area contributed by atoms with Crippen LogP contribution in [0.25, 0.3) is 10.9 Å². The summed E-state index contributed by atoms with van der Waals surface area (Å²) in [5.41, 5.74) is 8.66. The second-order valence-electron chi connectivity index (χ2n) is 7.96. The molecule has 3 N–H and O–H groups in total. The molecule has 0 atom stereocenters. The van der Waals surface area contributed by atoms with Gasteiger partial charge in [0, 0.05) is 48.2 Å². The molecular formula is C23H24F3N3O4. The highest BCUT2D eigenvalue weighted by Gasteiger charge is 2.38. The first kappa shape index (κ1) is 24.3. The largest absolute Gasteiger partial charge is 0.490 e. The van der Waals surface area contributed by atoms with Gasteiger partial charge in [0.15, 0.2) is 0 Å². The maximum atomic E-state index is 11.5. The Morgan fingerprint density at radius 3 is 2.33 bits per heavy atom. The van der Waals surface area contributed by atoms with Gasteiger partial charge in [0.2, 0.25) is 0 Å². The Balaban J connectivity index is 0.000000383. The van der Waals surface area contributed by atoms with Crippen molar-refractivity contribution in [2.75, 3.05) is 13.6 Å². The summed E-state index contributed by atoms with van der Waals surface area (Å²) in [6.45, 7) is 4.96. The first-order valence-electron chi connectivity index (χ1n) is 10.1. The molecular weight excluding hydrogens is 439 g/mol. The average Bonchev–Trinajstić information content (AvgIpc) is 3.05. The van der Waals surface area contributed by atoms with Gasteiger partial charge < -0.3 is 14.6 Å². The zero-order chi connectivity index (χ0) is 24.3. The van der Waals surface area contributed by atoms with Gasteiger partial charge in [0.05, 0.1) is 0 Å². The molecule has 0 fully saturated rings. The summed E-state index contributed by atoms with van der Waals surface area (Å²) in [4.78, 5) is 22.8. The molecule has 0 saturated heterocycles. The van der Waals surface area contributed by atoms with Gasteiger partial charge >= 0.3 is 12.1 Å². The van der Waals surface area contributed by atoms with E-state index in [2.05, 4.69) is 41.6 Å². The van der Waals surface area contributed by atoms with Gasteiger partial charge in [0.25, 0.3) is 5.91 Å². The number of halogens is 3. The summed E-state index contributed by atoms with van der Waals surface area (Å²) in [5, 5.41) is 17.2. The lowest BCUT2D eigenvalue weighted by Crippen LogP contribution is -2.27. The van der Waals surface area contributed by atoms with E-state index >= 15 is 0 Å². The lowest BCUT2D eigenvalue weighted by Gasteiger charge is -2.24. The Kier molecular flexibility index (Phi) is 7.09. The summed E-state index contributed by atoms with van der Waals surface area (Å²) < 4.78 is 34.2. The molecule has 1 aliphatic rings. The number of benzene rings is 2. The number of nitrogens with zero attached hydrogens (tertiary/aromatic N) is 2. The van der Waals surface area contributed by atoms with E-state index in [0.29, 0.717) is 5.56 Å². The Hall–Kier alpha value is -3.37. The highest BCUT2D eigenvalue weighted by Crippen LogP contribution is 2.32. The van der Waals surface area contributed by atoms with Crippen LogP contribution >= 0.6 is 0 Å². The fourth-order valence-corrected chi connectivity index (χ4v) is 3.88. The Morgan fingerprint density at radius 2 is 1.76 bits per heavy atom. The first-order valence-corrected chi connectivity index (χ1v) is 10.1. The summed E-state index contributed by atoms with van der Waals surface area (Å²) >= 11 is 0. The van der Waals surface area contributed by atoms with E-state index < -0.39 is 18.1 Å². The van der Waals surface area contributed by atoms with Crippen LogP contribution in [0.4, 0.5) is 13.2 Å². The molecule has 0 bridgehead atoms. The zero-order valence-corrected chi connectivity index (χ0v) is 18.1. The smallest absolute Gasteiger partial charge is 0.475 e. The quantitative estimate of drug-likeness (QED) is 0.406. The van der Waals surface area contributed by atoms with Gasteiger partial charge in [-0.05, 0) is 48.9 Å².